The number of nitrogens with zero attached hydrogens (tertiary/aromatic N) is 1. The number of amides is 1. The maximum Gasteiger partial charge on any atom is 0.251 e. The number of aromatic nitrogens is 1. The predicted octanol–water partition coefficient (Wildman–Crippen LogP) is 2.29. The molecule has 0 bridgehead atoms. The summed E-state index contributed by atoms with van der Waals surface area (Å²) < 4.78 is 21.2. The topological polar surface area (TPSA) is 82.8 Å². The first-order valence-corrected chi connectivity index (χ1v) is 7.51. The molecule has 0 unspecified atom stereocenters. The van der Waals surface area contributed by atoms with E-state index >= 15 is 0 Å². The Bertz CT molecular complexity index is 699. The molecule has 1 heterocycles. The van der Waals surface area contributed by atoms with Gasteiger partial charge in [-0.1, -0.05) is 0 Å². The number of carbonyl (C=O) groups is 1. The molecule has 1 amide bonds. The zero-order chi connectivity index (χ0) is 17.7. The number of rotatable bonds is 7. The Hall–Kier alpha value is -2.70. The average molecular weight is 334 g/mol. The van der Waals surface area contributed by atoms with E-state index in [1.54, 1.807) is 19.1 Å². The maximum absolute atomic E-state index is 12.4. The molecule has 2 rings (SSSR count). The third-order valence-corrected chi connectivity index (χ3v) is 3.56. The SMILES string of the molecule is COc1cc(C(=O)NCCc2oc(C)nc2C)cc(OC)c1OC. The third-order valence-electron chi connectivity index (χ3n) is 3.56. The highest BCUT2D eigenvalue weighted by molar-refractivity contribution is 5.95. The van der Waals surface area contributed by atoms with E-state index in [1.165, 1.54) is 21.3 Å². The Morgan fingerprint density at radius 3 is 2.21 bits per heavy atom. The Labute approximate surface area is 140 Å². The van der Waals surface area contributed by atoms with Crippen LogP contribution in [-0.2, 0) is 6.42 Å². The highest BCUT2D eigenvalue weighted by atomic mass is 16.5. The molecule has 7 nitrogen and oxygen atoms in total. The molecule has 0 saturated heterocycles. The lowest BCUT2D eigenvalue weighted by atomic mass is 10.1. The van der Waals surface area contributed by atoms with Gasteiger partial charge in [0, 0.05) is 25.5 Å². The van der Waals surface area contributed by atoms with Crippen molar-refractivity contribution in [2.75, 3.05) is 27.9 Å². The predicted molar refractivity (Wildman–Crippen MR) is 88.1 cm³/mol. The first-order valence-electron chi connectivity index (χ1n) is 7.51. The summed E-state index contributed by atoms with van der Waals surface area (Å²) in [4.78, 5) is 16.6. The van der Waals surface area contributed by atoms with Gasteiger partial charge < -0.3 is 23.9 Å². The molecule has 1 aromatic heterocycles. The number of methoxy groups -OCH3 is 3. The van der Waals surface area contributed by atoms with Crippen molar-refractivity contribution in [2.24, 2.45) is 0 Å². The van der Waals surface area contributed by atoms with Crippen LogP contribution in [0.2, 0.25) is 0 Å². The van der Waals surface area contributed by atoms with E-state index in [0.29, 0.717) is 41.7 Å². The first-order chi connectivity index (χ1) is 11.5. The summed E-state index contributed by atoms with van der Waals surface area (Å²) in [5, 5.41) is 2.85. The Morgan fingerprint density at radius 2 is 1.75 bits per heavy atom. The van der Waals surface area contributed by atoms with Gasteiger partial charge >= 0.3 is 0 Å². The molecule has 0 spiro atoms. The Kier molecular flexibility index (Phi) is 5.68. The van der Waals surface area contributed by atoms with Crippen LogP contribution in [0.4, 0.5) is 0 Å². The molecule has 7 heteroatoms. The van der Waals surface area contributed by atoms with Gasteiger partial charge in [-0.05, 0) is 19.1 Å². The van der Waals surface area contributed by atoms with Crippen LogP contribution in [0.15, 0.2) is 16.5 Å². The lowest BCUT2D eigenvalue weighted by Crippen LogP contribution is -2.25. The van der Waals surface area contributed by atoms with Gasteiger partial charge in [0.05, 0.1) is 27.0 Å². The van der Waals surface area contributed by atoms with Crippen LogP contribution in [0.3, 0.4) is 0 Å². The number of ether oxygens (including phenoxy) is 3. The molecule has 24 heavy (non-hydrogen) atoms. The number of oxazole rings is 1. The van der Waals surface area contributed by atoms with Gasteiger partial charge in [0.2, 0.25) is 5.75 Å². The van der Waals surface area contributed by atoms with Gasteiger partial charge in [-0.25, -0.2) is 4.98 Å². The molecular weight excluding hydrogens is 312 g/mol. The second kappa shape index (κ2) is 7.72. The zero-order valence-corrected chi connectivity index (χ0v) is 14.6. The van der Waals surface area contributed by atoms with E-state index in [1.807, 2.05) is 6.92 Å². The lowest BCUT2D eigenvalue weighted by molar-refractivity contribution is 0.0953. The van der Waals surface area contributed by atoms with Crippen molar-refractivity contribution in [3.8, 4) is 17.2 Å². The van der Waals surface area contributed by atoms with Crippen molar-refractivity contribution < 1.29 is 23.4 Å². The van der Waals surface area contributed by atoms with Crippen LogP contribution in [-0.4, -0.2) is 38.8 Å². The molecule has 0 radical (unpaired) electrons. The number of hydrogen-bond donors (Lipinski definition) is 1. The molecule has 2 aromatic rings. The Balaban J connectivity index is 2.08. The summed E-state index contributed by atoms with van der Waals surface area (Å²) in [6, 6.07) is 3.22. The normalized spacial score (nSPS) is 10.4. The maximum atomic E-state index is 12.4. The minimum absolute atomic E-state index is 0.233. The van der Waals surface area contributed by atoms with Crippen LogP contribution < -0.4 is 19.5 Å². The van der Waals surface area contributed by atoms with Gasteiger partial charge in [-0.15, -0.1) is 0 Å². The fourth-order valence-electron chi connectivity index (χ4n) is 2.41. The van der Waals surface area contributed by atoms with Crippen molar-refractivity contribution in [1.29, 1.82) is 0 Å². The molecule has 130 valence electrons. The molecule has 0 atom stereocenters. The van der Waals surface area contributed by atoms with Crippen molar-refractivity contribution in [1.82, 2.24) is 10.3 Å². The van der Waals surface area contributed by atoms with E-state index in [9.17, 15) is 4.79 Å². The summed E-state index contributed by atoms with van der Waals surface area (Å²) in [5.41, 5.74) is 1.27. The quantitative estimate of drug-likeness (QED) is 0.836. The van der Waals surface area contributed by atoms with E-state index in [4.69, 9.17) is 18.6 Å². The minimum Gasteiger partial charge on any atom is -0.493 e. The summed E-state index contributed by atoms with van der Waals surface area (Å²) in [6.07, 6.45) is 0.572. The highest BCUT2D eigenvalue weighted by Gasteiger charge is 2.17. The van der Waals surface area contributed by atoms with Crippen molar-refractivity contribution in [2.45, 2.75) is 20.3 Å². The van der Waals surface area contributed by atoms with Crippen molar-refractivity contribution in [3.05, 3.63) is 35.0 Å². The molecule has 1 aromatic carbocycles. The van der Waals surface area contributed by atoms with Crippen LogP contribution in [0.1, 0.15) is 27.7 Å². The molecular formula is C17H22N2O5. The zero-order valence-electron chi connectivity index (χ0n) is 14.6. The molecule has 0 aliphatic carbocycles. The third kappa shape index (κ3) is 3.79. The highest BCUT2D eigenvalue weighted by Crippen LogP contribution is 2.38. The van der Waals surface area contributed by atoms with Crippen LogP contribution in [0.25, 0.3) is 0 Å². The van der Waals surface area contributed by atoms with Crippen LogP contribution in [0.5, 0.6) is 17.2 Å². The standard InChI is InChI=1S/C17H22N2O5/c1-10-13(24-11(2)19-10)6-7-18-17(20)12-8-14(21-3)16(23-5)15(9-12)22-4/h8-9H,6-7H2,1-5H3,(H,18,20). The number of carbonyl (C=O) groups excluding carboxylic acids is 1. The van der Waals surface area contributed by atoms with Gasteiger partial charge in [0.25, 0.3) is 5.91 Å². The fourth-order valence-corrected chi connectivity index (χ4v) is 2.41. The van der Waals surface area contributed by atoms with Gasteiger partial charge in [0.1, 0.15) is 5.76 Å². The van der Waals surface area contributed by atoms with Crippen LogP contribution >= 0.6 is 0 Å². The molecule has 0 saturated carbocycles. The molecule has 1 N–H and O–H groups in total. The van der Waals surface area contributed by atoms with Gasteiger partial charge in [0.15, 0.2) is 17.4 Å². The first kappa shape index (κ1) is 17.7. The van der Waals surface area contributed by atoms with Crippen molar-refractivity contribution >= 4 is 5.91 Å². The molecule has 0 aliphatic rings. The molecule has 0 fully saturated rings. The monoisotopic (exact) mass is 334 g/mol. The summed E-state index contributed by atoms with van der Waals surface area (Å²) in [7, 11) is 4.53. The van der Waals surface area contributed by atoms with E-state index in [2.05, 4.69) is 10.3 Å². The number of nitrogens with one attached hydrogen (secondary N) is 1. The second-order valence-corrected chi connectivity index (χ2v) is 5.16. The van der Waals surface area contributed by atoms with E-state index in [-0.39, 0.29) is 5.91 Å². The summed E-state index contributed by atoms with van der Waals surface area (Å²) >= 11 is 0. The number of hydrogen-bond acceptors (Lipinski definition) is 6. The number of aryl methyl sites for hydroxylation is 2. The second-order valence-electron chi connectivity index (χ2n) is 5.16. The van der Waals surface area contributed by atoms with Crippen LogP contribution in [0, 0.1) is 13.8 Å². The molecule has 0 aliphatic heterocycles. The summed E-state index contributed by atoms with van der Waals surface area (Å²) in [6.45, 7) is 4.11. The summed E-state index contributed by atoms with van der Waals surface area (Å²) in [5.74, 6) is 2.48. The lowest BCUT2D eigenvalue weighted by Gasteiger charge is -2.14. The fraction of sp³-hybridized carbons (Fsp3) is 0.412. The number of benzene rings is 1. The minimum atomic E-state index is -0.233. The van der Waals surface area contributed by atoms with E-state index in [0.717, 1.165) is 11.5 Å². The smallest absolute Gasteiger partial charge is 0.251 e. The van der Waals surface area contributed by atoms with E-state index < -0.39 is 0 Å². The largest absolute Gasteiger partial charge is 0.493 e. The van der Waals surface area contributed by atoms with Gasteiger partial charge in [-0.3, -0.25) is 4.79 Å². The van der Waals surface area contributed by atoms with Gasteiger partial charge in [-0.2, -0.15) is 0 Å². The average Bonchev–Trinajstić information content (AvgIpc) is 2.90. The Morgan fingerprint density at radius 1 is 1.12 bits per heavy atom. The van der Waals surface area contributed by atoms with Crippen molar-refractivity contribution in [3.63, 3.8) is 0 Å².